The second kappa shape index (κ2) is 5.08. The lowest BCUT2D eigenvalue weighted by Crippen LogP contribution is -2.35. The topological polar surface area (TPSA) is 41.6 Å². The number of nitrogens with one attached hydrogen (secondary N) is 1. The molecular weight excluding hydrogens is 216 g/mol. The molecule has 1 aromatic rings. The van der Waals surface area contributed by atoms with Crippen molar-refractivity contribution in [2.45, 2.75) is 19.8 Å². The number of carbonyl (C=O) groups excluding carboxylic acids is 1. The van der Waals surface area contributed by atoms with Crippen LogP contribution in [0, 0.1) is 0 Å². The number of benzene rings is 1. The van der Waals surface area contributed by atoms with Gasteiger partial charge in [0.25, 0.3) is 0 Å². The van der Waals surface area contributed by atoms with Crippen LogP contribution in [0.3, 0.4) is 0 Å². The fourth-order valence-electron chi connectivity index (χ4n) is 2.12. The fraction of sp³-hybridized carbons (Fsp3) is 0.462. The standard InChI is InChI=1S/C13H18N2O2/c1-3-17-13(16)15-8-4-5-10-6-7-11(14-2)9-12(10)15/h6-7,9,14H,3-5,8H2,1-2H3. The van der Waals surface area contributed by atoms with E-state index in [0.717, 1.165) is 30.8 Å². The second-order valence-corrected chi connectivity index (χ2v) is 4.05. The number of aryl methyl sites for hydroxylation is 1. The number of hydrogen-bond donors (Lipinski definition) is 1. The third-order valence-electron chi connectivity index (χ3n) is 2.98. The van der Waals surface area contributed by atoms with Gasteiger partial charge >= 0.3 is 6.09 Å². The molecule has 4 heteroatoms. The molecule has 0 aliphatic carbocycles. The molecule has 1 aliphatic rings. The monoisotopic (exact) mass is 234 g/mol. The fourth-order valence-corrected chi connectivity index (χ4v) is 2.12. The Morgan fingerprint density at radius 1 is 1.53 bits per heavy atom. The summed E-state index contributed by atoms with van der Waals surface area (Å²) in [5.41, 5.74) is 3.20. The Morgan fingerprint density at radius 2 is 2.35 bits per heavy atom. The molecule has 0 unspecified atom stereocenters. The van der Waals surface area contributed by atoms with E-state index in [4.69, 9.17) is 4.74 Å². The van der Waals surface area contributed by atoms with Crippen LogP contribution >= 0.6 is 0 Å². The maximum absolute atomic E-state index is 11.8. The van der Waals surface area contributed by atoms with Gasteiger partial charge in [0, 0.05) is 19.3 Å². The predicted octanol–water partition coefficient (Wildman–Crippen LogP) is 2.64. The van der Waals surface area contributed by atoms with Gasteiger partial charge < -0.3 is 10.1 Å². The Bertz CT molecular complexity index is 418. The molecule has 0 aromatic heterocycles. The molecule has 1 heterocycles. The number of anilines is 2. The molecule has 0 saturated heterocycles. The summed E-state index contributed by atoms with van der Waals surface area (Å²) in [6.07, 6.45) is 1.77. The highest BCUT2D eigenvalue weighted by molar-refractivity contribution is 5.90. The van der Waals surface area contributed by atoms with Crippen LogP contribution in [0.2, 0.25) is 0 Å². The molecule has 0 bridgehead atoms. The van der Waals surface area contributed by atoms with Crippen molar-refractivity contribution in [3.8, 4) is 0 Å². The van der Waals surface area contributed by atoms with Crippen molar-refractivity contribution in [2.24, 2.45) is 0 Å². The van der Waals surface area contributed by atoms with Gasteiger partial charge in [-0.05, 0) is 37.5 Å². The lowest BCUT2D eigenvalue weighted by atomic mass is 10.0. The van der Waals surface area contributed by atoms with Crippen LogP contribution in [0.4, 0.5) is 16.2 Å². The summed E-state index contributed by atoms with van der Waals surface area (Å²) in [6, 6.07) is 6.12. The highest BCUT2D eigenvalue weighted by Gasteiger charge is 2.23. The van der Waals surface area contributed by atoms with Crippen LogP contribution in [-0.2, 0) is 11.2 Å². The number of carbonyl (C=O) groups is 1. The van der Waals surface area contributed by atoms with Gasteiger partial charge in [0.05, 0.1) is 12.3 Å². The van der Waals surface area contributed by atoms with E-state index in [0.29, 0.717) is 6.61 Å². The van der Waals surface area contributed by atoms with Crippen LogP contribution in [-0.4, -0.2) is 26.3 Å². The minimum absolute atomic E-state index is 0.248. The van der Waals surface area contributed by atoms with E-state index < -0.39 is 0 Å². The van der Waals surface area contributed by atoms with Crippen molar-refractivity contribution >= 4 is 17.5 Å². The largest absolute Gasteiger partial charge is 0.449 e. The van der Waals surface area contributed by atoms with Crippen molar-refractivity contribution < 1.29 is 9.53 Å². The van der Waals surface area contributed by atoms with Gasteiger partial charge in [-0.3, -0.25) is 4.90 Å². The molecule has 1 aromatic carbocycles. The van der Waals surface area contributed by atoms with Crippen molar-refractivity contribution in [3.63, 3.8) is 0 Å². The first-order valence-electron chi connectivity index (χ1n) is 6.01. The highest BCUT2D eigenvalue weighted by Crippen LogP contribution is 2.30. The lowest BCUT2D eigenvalue weighted by Gasteiger charge is -2.29. The molecule has 4 nitrogen and oxygen atoms in total. The number of fused-ring (bicyclic) bond motifs is 1. The number of hydrogen-bond acceptors (Lipinski definition) is 3. The minimum Gasteiger partial charge on any atom is -0.449 e. The Morgan fingerprint density at radius 3 is 3.06 bits per heavy atom. The first kappa shape index (κ1) is 11.8. The molecule has 2 rings (SSSR count). The van der Waals surface area contributed by atoms with Gasteiger partial charge in [-0.25, -0.2) is 4.79 Å². The summed E-state index contributed by atoms with van der Waals surface area (Å²) in [5, 5.41) is 3.09. The highest BCUT2D eigenvalue weighted by atomic mass is 16.6. The van der Waals surface area contributed by atoms with Crippen LogP contribution < -0.4 is 10.2 Å². The molecule has 0 spiro atoms. The average molecular weight is 234 g/mol. The van der Waals surface area contributed by atoms with Crippen LogP contribution in [0.25, 0.3) is 0 Å². The summed E-state index contributed by atoms with van der Waals surface area (Å²) in [7, 11) is 1.87. The van der Waals surface area contributed by atoms with E-state index in [-0.39, 0.29) is 6.09 Å². The van der Waals surface area contributed by atoms with Crippen molar-refractivity contribution in [1.82, 2.24) is 0 Å². The number of ether oxygens (including phenoxy) is 1. The Balaban J connectivity index is 2.31. The quantitative estimate of drug-likeness (QED) is 0.855. The van der Waals surface area contributed by atoms with Gasteiger partial charge in [0.1, 0.15) is 0 Å². The summed E-state index contributed by atoms with van der Waals surface area (Å²) < 4.78 is 5.08. The van der Waals surface area contributed by atoms with E-state index in [1.807, 2.05) is 26.1 Å². The Hall–Kier alpha value is -1.71. The van der Waals surface area contributed by atoms with E-state index >= 15 is 0 Å². The first-order chi connectivity index (χ1) is 8.26. The van der Waals surface area contributed by atoms with E-state index in [9.17, 15) is 4.79 Å². The van der Waals surface area contributed by atoms with Crippen LogP contribution in [0.15, 0.2) is 18.2 Å². The smallest absolute Gasteiger partial charge is 0.414 e. The van der Waals surface area contributed by atoms with Crippen molar-refractivity contribution in [1.29, 1.82) is 0 Å². The van der Waals surface area contributed by atoms with Gasteiger partial charge in [-0.2, -0.15) is 0 Å². The number of nitrogens with zero attached hydrogens (tertiary/aromatic N) is 1. The third kappa shape index (κ3) is 2.35. The molecule has 1 N–H and O–H groups in total. The van der Waals surface area contributed by atoms with Crippen molar-refractivity contribution in [2.75, 3.05) is 30.4 Å². The average Bonchev–Trinajstić information content (AvgIpc) is 2.37. The van der Waals surface area contributed by atoms with Crippen LogP contribution in [0.1, 0.15) is 18.9 Å². The minimum atomic E-state index is -0.248. The van der Waals surface area contributed by atoms with E-state index in [1.165, 1.54) is 5.56 Å². The molecule has 0 radical (unpaired) electrons. The number of amides is 1. The van der Waals surface area contributed by atoms with Gasteiger partial charge in [-0.15, -0.1) is 0 Å². The van der Waals surface area contributed by atoms with Gasteiger partial charge in [0.2, 0.25) is 0 Å². The molecule has 17 heavy (non-hydrogen) atoms. The van der Waals surface area contributed by atoms with Crippen molar-refractivity contribution in [3.05, 3.63) is 23.8 Å². The summed E-state index contributed by atoms with van der Waals surface area (Å²) in [5.74, 6) is 0. The Kier molecular flexibility index (Phi) is 3.52. The molecule has 1 aliphatic heterocycles. The maximum atomic E-state index is 11.8. The third-order valence-corrected chi connectivity index (χ3v) is 2.98. The van der Waals surface area contributed by atoms with E-state index in [1.54, 1.807) is 4.90 Å². The van der Waals surface area contributed by atoms with Gasteiger partial charge in [0.15, 0.2) is 0 Å². The molecular formula is C13H18N2O2. The Labute approximate surface area is 102 Å². The zero-order valence-corrected chi connectivity index (χ0v) is 10.3. The summed E-state index contributed by atoms with van der Waals surface area (Å²) >= 11 is 0. The lowest BCUT2D eigenvalue weighted by molar-refractivity contribution is 0.159. The molecule has 0 saturated carbocycles. The second-order valence-electron chi connectivity index (χ2n) is 4.05. The number of rotatable bonds is 2. The normalized spacial score (nSPS) is 14.1. The zero-order valence-electron chi connectivity index (χ0n) is 10.3. The molecule has 92 valence electrons. The molecule has 0 atom stereocenters. The first-order valence-corrected chi connectivity index (χ1v) is 6.01. The summed E-state index contributed by atoms with van der Waals surface area (Å²) in [4.78, 5) is 13.6. The molecule has 1 amide bonds. The summed E-state index contributed by atoms with van der Waals surface area (Å²) in [6.45, 7) is 2.97. The predicted molar refractivity (Wildman–Crippen MR) is 68.7 cm³/mol. The maximum Gasteiger partial charge on any atom is 0.414 e. The zero-order chi connectivity index (χ0) is 12.3. The van der Waals surface area contributed by atoms with Crippen LogP contribution in [0.5, 0.6) is 0 Å². The molecule has 0 fully saturated rings. The SMILES string of the molecule is CCOC(=O)N1CCCc2ccc(NC)cc21. The van der Waals surface area contributed by atoms with E-state index in [2.05, 4.69) is 11.4 Å². The van der Waals surface area contributed by atoms with Gasteiger partial charge in [-0.1, -0.05) is 6.07 Å².